The SMILES string of the molecule is C=CCOC[C@H](C)Oc1cc(C#N)cc(Oc2ccc(S(C)(=O)=O)cc2)c1. The maximum Gasteiger partial charge on any atom is 0.175 e. The summed E-state index contributed by atoms with van der Waals surface area (Å²) in [5.41, 5.74) is 0.384. The van der Waals surface area contributed by atoms with Crippen LogP contribution in [0.2, 0.25) is 0 Å². The molecule has 0 spiro atoms. The molecule has 6 nitrogen and oxygen atoms in total. The number of hydrogen-bond donors (Lipinski definition) is 0. The third kappa shape index (κ3) is 6.44. The molecule has 0 fully saturated rings. The zero-order chi connectivity index (χ0) is 19.9. The smallest absolute Gasteiger partial charge is 0.175 e. The van der Waals surface area contributed by atoms with E-state index in [0.29, 0.717) is 36.0 Å². The molecule has 0 saturated heterocycles. The van der Waals surface area contributed by atoms with Crippen molar-refractivity contribution in [1.82, 2.24) is 0 Å². The summed E-state index contributed by atoms with van der Waals surface area (Å²) in [4.78, 5) is 0.206. The molecule has 2 aromatic rings. The molecule has 0 unspecified atom stereocenters. The van der Waals surface area contributed by atoms with E-state index in [9.17, 15) is 13.7 Å². The van der Waals surface area contributed by atoms with E-state index in [2.05, 4.69) is 12.6 Å². The van der Waals surface area contributed by atoms with Gasteiger partial charge in [-0.1, -0.05) is 6.08 Å². The van der Waals surface area contributed by atoms with Crippen LogP contribution in [-0.4, -0.2) is 34.0 Å². The lowest BCUT2D eigenvalue weighted by Crippen LogP contribution is -2.19. The van der Waals surface area contributed by atoms with Crippen LogP contribution in [0.25, 0.3) is 0 Å². The molecule has 0 aromatic heterocycles. The van der Waals surface area contributed by atoms with Crippen molar-refractivity contribution in [2.75, 3.05) is 19.5 Å². The van der Waals surface area contributed by atoms with Crippen molar-refractivity contribution in [3.8, 4) is 23.3 Å². The summed E-state index contributed by atoms with van der Waals surface area (Å²) in [5.74, 6) is 1.34. The molecule has 0 aliphatic heterocycles. The van der Waals surface area contributed by atoms with Crippen LogP contribution in [0.1, 0.15) is 12.5 Å². The molecule has 0 saturated carbocycles. The van der Waals surface area contributed by atoms with Gasteiger partial charge in [-0.15, -0.1) is 6.58 Å². The van der Waals surface area contributed by atoms with Gasteiger partial charge in [0.05, 0.1) is 29.7 Å². The fraction of sp³-hybridized carbons (Fsp3) is 0.250. The molecule has 0 N–H and O–H groups in total. The van der Waals surface area contributed by atoms with Crippen LogP contribution in [-0.2, 0) is 14.6 Å². The van der Waals surface area contributed by atoms with Crippen LogP contribution in [0.3, 0.4) is 0 Å². The fourth-order valence-corrected chi connectivity index (χ4v) is 2.87. The number of hydrogen-bond acceptors (Lipinski definition) is 6. The molecule has 0 amide bonds. The van der Waals surface area contributed by atoms with E-state index in [0.717, 1.165) is 6.26 Å². The number of sulfone groups is 1. The third-order valence-corrected chi connectivity index (χ3v) is 4.55. The second-order valence-corrected chi connectivity index (χ2v) is 7.92. The van der Waals surface area contributed by atoms with E-state index >= 15 is 0 Å². The number of ether oxygens (including phenoxy) is 3. The van der Waals surface area contributed by atoms with E-state index in [1.807, 2.05) is 6.92 Å². The largest absolute Gasteiger partial charge is 0.488 e. The van der Waals surface area contributed by atoms with Gasteiger partial charge in [0.15, 0.2) is 9.84 Å². The minimum Gasteiger partial charge on any atom is -0.488 e. The van der Waals surface area contributed by atoms with Gasteiger partial charge < -0.3 is 14.2 Å². The van der Waals surface area contributed by atoms with Gasteiger partial charge in [-0.05, 0) is 43.3 Å². The van der Waals surface area contributed by atoms with Gasteiger partial charge in [0.2, 0.25) is 0 Å². The fourth-order valence-electron chi connectivity index (χ4n) is 2.24. The highest BCUT2D eigenvalue weighted by Gasteiger charge is 2.10. The molecule has 7 heteroatoms. The predicted molar refractivity (Wildman–Crippen MR) is 102 cm³/mol. The van der Waals surface area contributed by atoms with Crippen molar-refractivity contribution in [1.29, 1.82) is 5.26 Å². The van der Waals surface area contributed by atoms with E-state index < -0.39 is 9.84 Å². The van der Waals surface area contributed by atoms with Crippen LogP contribution in [0.5, 0.6) is 17.2 Å². The molecular weight excluding hydrogens is 366 g/mol. The second kappa shape index (κ2) is 9.21. The summed E-state index contributed by atoms with van der Waals surface area (Å²) in [6, 6.07) is 13.0. The number of benzene rings is 2. The number of nitrogens with zero attached hydrogens (tertiary/aromatic N) is 1. The highest BCUT2D eigenvalue weighted by Crippen LogP contribution is 2.28. The molecule has 0 bridgehead atoms. The Hall–Kier alpha value is -2.82. The maximum atomic E-state index is 11.5. The Morgan fingerprint density at radius 3 is 2.41 bits per heavy atom. The summed E-state index contributed by atoms with van der Waals surface area (Å²) in [6.07, 6.45) is 2.58. The highest BCUT2D eigenvalue weighted by atomic mass is 32.2. The first kappa shape index (κ1) is 20.5. The lowest BCUT2D eigenvalue weighted by molar-refractivity contribution is 0.0736. The first-order chi connectivity index (χ1) is 12.8. The average molecular weight is 387 g/mol. The zero-order valence-corrected chi connectivity index (χ0v) is 16.0. The van der Waals surface area contributed by atoms with Crippen molar-refractivity contribution in [2.24, 2.45) is 0 Å². The van der Waals surface area contributed by atoms with Gasteiger partial charge in [0.25, 0.3) is 0 Å². The Morgan fingerprint density at radius 1 is 1.15 bits per heavy atom. The summed E-state index contributed by atoms with van der Waals surface area (Å²) in [5, 5.41) is 9.22. The molecule has 2 rings (SSSR count). The normalized spacial score (nSPS) is 12.0. The lowest BCUT2D eigenvalue weighted by Gasteiger charge is -2.16. The second-order valence-electron chi connectivity index (χ2n) is 5.91. The average Bonchev–Trinajstić information content (AvgIpc) is 2.61. The Labute approximate surface area is 159 Å². The summed E-state index contributed by atoms with van der Waals surface area (Å²) >= 11 is 0. The minimum atomic E-state index is -3.27. The minimum absolute atomic E-state index is 0.206. The van der Waals surface area contributed by atoms with Gasteiger partial charge in [0.1, 0.15) is 23.4 Å². The van der Waals surface area contributed by atoms with Crippen molar-refractivity contribution >= 4 is 9.84 Å². The highest BCUT2D eigenvalue weighted by molar-refractivity contribution is 7.90. The Morgan fingerprint density at radius 2 is 1.81 bits per heavy atom. The molecule has 0 aliphatic rings. The van der Waals surface area contributed by atoms with Gasteiger partial charge in [0, 0.05) is 12.3 Å². The number of rotatable bonds is 9. The maximum absolute atomic E-state index is 11.5. The first-order valence-corrected chi connectivity index (χ1v) is 10.1. The van der Waals surface area contributed by atoms with Crippen LogP contribution >= 0.6 is 0 Å². The van der Waals surface area contributed by atoms with Gasteiger partial charge in [-0.3, -0.25) is 0 Å². The van der Waals surface area contributed by atoms with Crippen LogP contribution in [0.15, 0.2) is 60.0 Å². The van der Waals surface area contributed by atoms with E-state index in [1.165, 1.54) is 12.1 Å². The van der Waals surface area contributed by atoms with Crippen LogP contribution < -0.4 is 9.47 Å². The molecule has 142 valence electrons. The summed E-state index contributed by atoms with van der Waals surface area (Å²) < 4.78 is 39.9. The molecular formula is C20H21NO5S. The quantitative estimate of drug-likeness (QED) is 0.481. The Kier molecular flexibility index (Phi) is 6.99. The van der Waals surface area contributed by atoms with Gasteiger partial charge in [-0.25, -0.2) is 8.42 Å². The topological polar surface area (TPSA) is 85.6 Å². The molecule has 27 heavy (non-hydrogen) atoms. The van der Waals surface area contributed by atoms with Crippen LogP contribution in [0, 0.1) is 11.3 Å². The standard InChI is InChI=1S/C20H21NO5S/c1-4-9-24-14-15(2)25-18-10-16(13-21)11-19(12-18)26-17-5-7-20(8-6-17)27(3,22)23/h4-8,10-12,15H,1,9,14H2,2-3H3/t15-/m0/s1. The first-order valence-electron chi connectivity index (χ1n) is 8.20. The number of nitriles is 1. The van der Waals surface area contributed by atoms with E-state index in [-0.39, 0.29) is 11.0 Å². The van der Waals surface area contributed by atoms with Crippen molar-refractivity contribution in [3.63, 3.8) is 0 Å². The van der Waals surface area contributed by atoms with Crippen molar-refractivity contribution in [2.45, 2.75) is 17.9 Å². The molecule has 0 aliphatic carbocycles. The summed E-state index contributed by atoms with van der Waals surface area (Å²) in [7, 11) is -3.27. The predicted octanol–water partition coefficient (Wildman–Crippen LogP) is 3.72. The van der Waals surface area contributed by atoms with Crippen molar-refractivity contribution in [3.05, 3.63) is 60.7 Å². The Bertz CT molecular complexity index is 930. The van der Waals surface area contributed by atoms with Gasteiger partial charge in [-0.2, -0.15) is 5.26 Å². The lowest BCUT2D eigenvalue weighted by atomic mass is 10.2. The third-order valence-electron chi connectivity index (χ3n) is 3.42. The molecule has 0 heterocycles. The molecule has 1 atom stereocenters. The van der Waals surface area contributed by atoms with Crippen molar-refractivity contribution < 1.29 is 22.6 Å². The van der Waals surface area contributed by atoms with Gasteiger partial charge >= 0.3 is 0 Å². The molecule has 0 radical (unpaired) electrons. The Balaban J connectivity index is 2.14. The van der Waals surface area contributed by atoms with E-state index in [4.69, 9.17) is 14.2 Å². The summed E-state index contributed by atoms with van der Waals surface area (Å²) in [6.45, 7) is 6.25. The monoisotopic (exact) mass is 387 g/mol. The van der Waals surface area contributed by atoms with Crippen LogP contribution in [0.4, 0.5) is 0 Å². The molecule has 2 aromatic carbocycles. The van der Waals surface area contributed by atoms with E-state index in [1.54, 1.807) is 36.4 Å². The zero-order valence-electron chi connectivity index (χ0n) is 15.2.